The first-order valence-electron chi connectivity index (χ1n) is 9.93. The van der Waals surface area contributed by atoms with Crippen molar-refractivity contribution in [2.75, 3.05) is 0 Å². The summed E-state index contributed by atoms with van der Waals surface area (Å²) in [5.41, 5.74) is 1.75. The van der Waals surface area contributed by atoms with Crippen LogP contribution in [0, 0.1) is 23.6 Å². The van der Waals surface area contributed by atoms with E-state index < -0.39 is 0 Å². The van der Waals surface area contributed by atoms with E-state index in [1.807, 2.05) is 6.07 Å². The van der Waals surface area contributed by atoms with E-state index in [1.165, 1.54) is 57.1 Å². The monoisotopic (exact) mass is 330 g/mol. The predicted octanol–water partition coefficient (Wildman–Crippen LogP) is 6.35. The number of ketones is 1. The third kappa shape index (κ3) is 4.68. The summed E-state index contributed by atoms with van der Waals surface area (Å²) in [5.74, 6) is 1.86. The fourth-order valence-corrected chi connectivity index (χ4v) is 4.59. The molecule has 0 aliphatic heterocycles. The molecule has 2 aliphatic rings. The molecule has 0 bridgehead atoms. The minimum atomic E-state index is -0.275. The van der Waals surface area contributed by atoms with Gasteiger partial charge in [0.15, 0.2) is 5.78 Å². The number of carbonyl (C=O) groups excluding carboxylic acids is 1. The highest BCUT2D eigenvalue weighted by atomic mass is 19.1. The largest absolute Gasteiger partial charge is 0.294 e. The molecule has 3 rings (SSSR count). The molecule has 0 radical (unpaired) electrons. The average Bonchev–Trinajstić information content (AvgIpc) is 2.59. The van der Waals surface area contributed by atoms with Crippen molar-refractivity contribution in [3.8, 4) is 0 Å². The molecule has 0 aromatic heterocycles. The summed E-state index contributed by atoms with van der Waals surface area (Å²) in [6, 6.07) is 4.88. The van der Waals surface area contributed by atoms with E-state index in [2.05, 4.69) is 6.92 Å². The smallest absolute Gasteiger partial charge is 0.163 e. The maximum Gasteiger partial charge on any atom is 0.163 e. The lowest BCUT2D eigenvalue weighted by Gasteiger charge is -2.26. The molecule has 2 aliphatic carbocycles. The standard InChI is InChI=1S/C22H31FO/c1-16-7-9-18(10-8-16)14-22(24)21-15-20(23)12-11-19(21)13-17-5-3-2-4-6-17/h11-12,15-18H,2-10,13-14H2,1H3. The Hall–Kier alpha value is -1.18. The van der Waals surface area contributed by atoms with Crippen molar-refractivity contribution >= 4 is 5.78 Å². The van der Waals surface area contributed by atoms with Gasteiger partial charge in [-0.15, -0.1) is 0 Å². The number of benzene rings is 1. The van der Waals surface area contributed by atoms with Crippen molar-refractivity contribution in [2.24, 2.45) is 17.8 Å². The molecular formula is C22H31FO. The predicted molar refractivity (Wildman–Crippen MR) is 96.7 cm³/mol. The normalized spacial score (nSPS) is 25.6. The van der Waals surface area contributed by atoms with Gasteiger partial charge in [0.25, 0.3) is 0 Å². The van der Waals surface area contributed by atoms with Gasteiger partial charge in [0.2, 0.25) is 0 Å². The van der Waals surface area contributed by atoms with Crippen molar-refractivity contribution in [3.63, 3.8) is 0 Å². The lowest BCUT2D eigenvalue weighted by atomic mass is 9.79. The van der Waals surface area contributed by atoms with Crippen molar-refractivity contribution in [1.29, 1.82) is 0 Å². The van der Waals surface area contributed by atoms with E-state index in [0.717, 1.165) is 30.7 Å². The van der Waals surface area contributed by atoms with Crippen LogP contribution >= 0.6 is 0 Å². The zero-order valence-corrected chi connectivity index (χ0v) is 15.0. The highest BCUT2D eigenvalue weighted by Crippen LogP contribution is 2.33. The maximum atomic E-state index is 13.8. The molecule has 1 aromatic carbocycles. The number of Topliss-reactive ketones (excluding diaryl/α,β-unsaturated/α-hetero) is 1. The van der Waals surface area contributed by atoms with E-state index in [-0.39, 0.29) is 11.6 Å². The zero-order valence-electron chi connectivity index (χ0n) is 15.0. The van der Waals surface area contributed by atoms with Crippen LogP contribution in [-0.2, 0) is 6.42 Å². The van der Waals surface area contributed by atoms with Gasteiger partial charge in [-0.1, -0.05) is 57.9 Å². The number of rotatable bonds is 5. The van der Waals surface area contributed by atoms with E-state index in [4.69, 9.17) is 0 Å². The van der Waals surface area contributed by atoms with E-state index >= 15 is 0 Å². The summed E-state index contributed by atoms with van der Waals surface area (Å²) in [6.07, 6.45) is 12.8. The first kappa shape index (κ1) is 17.6. The molecule has 0 spiro atoms. The Morgan fingerprint density at radius 3 is 2.42 bits per heavy atom. The van der Waals surface area contributed by atoms with Gasteiger partial charge >= 0.3 is 0 Å². The van der Waals surface area contributed by atoms with Gasteiger partial charge in [0, 0.05) is 12.0 Å². The Morgan fingerprint density at radius 2 is 1.71 bits per heavy atom. The summed E-state index contributed by atoms with van der Waals surface area (Å²) in [6.45, 7) is 2.30. The highest BCUT2D eigenvalue weighted by molar-refractivity contribution is 5.97. The summed E-state index contributed by atoms with van der Waals surface area (Å²) < 4.78 is 13.8. The molecule has 0 atom stereocenters. The molecule has 1 aromatic rings. The number of carbonyl (C=O) groups is 1. The summed E-state index contributed by atoms with van der Waals surface area (Å²) in [7, 11) is 0. The van der Waals surface area contributed by atoms with Crippen LogP contribution in [0.1, 0.15) is 87.1 Å². The molecule has 1 nitrogen and oxygen atoms in total. The minimum Gasteiger partial charge on any atom is -0.294 e. The molecule has 2 saturated carbocycles. The van der Waals surface area contributed by atoms with Gasteiger partial charge < -0.3 is 0 Å². The van der Waals surface area contributed by atoms with Gasteiger partial charge in [-0.2, -0.15) is 0 Å². The van der Waals surface area contributed by atoms with Crippen LogP contribution in [0.15, 0.2) is 18.2 Å². The number of hydrogen-bond donors (Lipinski definition) is 0. The SMILES string of the molecule is CC1CCC(CC(=O)c2cc(F)ccc2CC2CCCCC2)CC1. The summed E-state index contributed by atoms with van der Waals surface area (Å²) in [5, 5.41) is 0. The van der Waals surface area contributed by atoms with Gasteiger partial charge in [-0.25, -0.2) is 4.39 Å². The second-order valence-corrected chi connectivity index (χ2v) is 8.26. The van der Waals surface area contributed by atoms with Crippen LogP contribution in [0.5, 0.6) is 0 Å². The zero-order chi connectivity index (χ0) is 16.9. The first-order valence-corrected chi connectivity index (χ1v) is 9.93. The van der Waals surface area contributed by atoms with Crippen LogP contribution in [0.4, 0.5) is 4.39 Å². The van der Waals surface area contributed by atoms with Crippen molar-refractivity contribution in [1.82, 2.24) is 0 Å². The third-order valence-corrected chi connectivity index (χ3v) is 6.22. The molecule has 0 amide bonds. The third-order valence-electron chi connectivity index (χ3n) is 6.22. The Morgan fingerprint density at radius 1 is 1.00 bits per heavy atom. The topological polar surface area (TPSA) is 17.1 Å². The van der Waals surface area contributed by atoms with Crippen LogP contribution in [0.3, 0.4) is 0 Å². The second-order valence-electron chi connectivity index (χ2n) is 8.26. The lowest BCUT2D eigenvalue weighted by Crippen LogP contribution is -2.18. The molecule has 132 valence electrons. The van der Waals surface area contributed by atoms with Crippen LogP contribution in [-0.4, -0.2) is 5.78 Å². The fraction of sp³-hybridized carbons (Fsp3) is 0.682. The molecule has 0 saturated heterocycles. The van der Waals surface area contributed by atoms with Crippen LogP contribution < -0.4 is 0 Å². The molecule has 2 fully saturated rings. The van der Waals surface area contributed by atoms with E-state index in [0.29, 0.717) is 23.8 Å². The first-order chi connectivity index (χ1) is 11.6. The number of hydrogen-bond acceptors (Lipinski definition) is 1. The molecular weight excluding hydrogens is 299 g/mol. The van der Waals surface area contributed by atoms with Gasteiger partial charge in [0.1, 0.15) is 5.82 Å². The highest BCUT2D eigenvalue weighted by Gasteiger charge is 2.24. The Labute approximate surface area is 146 Å². The lowest BCUT2D eigenvalue weighted by molar-refractivity contribution is 0.0942. The minimum absolute atomic E-state index is 0.167. The quantitative estimate of drug-likeness (QED) is 0.575. The van der Waals surface area contributed by atoms with Gasteiger partial charge in [-0.3, -0.25) is 4.79 Å². The number of halogens is 1. The van der Waals surface area contributed by atoms with Crippen molar-refractivity contribution < 1.29 is 9.18 Å². The van der Waals surface area contributed by atoms with E-state index in [1.54, 1.807) is 0 Å². The average molecular weight is 330 g/mol. The van der Waals surface area contributed by atoms with Gasteiger partial charge in [-0.05, 0) is 54.7 Å². The summed E-state index contributed by atoms with van der Waals surface area (Å²) in [4.78, 5) is 12.8. The maximum absolute atomic E-state index is 13.8. The van der Waals surface area contributed by atoms with E-state index in [9.17, 15) is 9.18 Å². The Balaban J connectivity index is 1.68. The molecule has 0 N–H and O–H groups in total. The van der Waals surface area contributed by atoms with Gasteiger partial charge in [0.05, 0.1) is 0 Å². The fourth-order valence-electron chi connectivity index (χ4n) is 4.59. The molecule has 2 heteroatoms. The van der Waals surface area contributed by atoms with Crippen molar-refractivity contribution in [2.45, 2.75) is 77.6 Å². The molecule has 0 unspecified atom stereocenters. The van der Waals surface area contributed by atoms with Crippen molar-refractivity contribution in [3.05, 3.63) is 35.1 Å². The van der Waals surface area contributed by atoms with Crippen LogP contribution in [0.2, 0.25) is 0 Å². The van der Waals surface area contributed by atoms with Crippen LogP contribution in [0.25, 0.3) is 0 Å². The Kier molecular flexibility index (Phi) is 6.08. The molecule has 0 heterocycles. The molecule has 24 heavy (non-hydrogen) atoms. The second kappa shape index (κ2) is 8.27. The Bertz CT molecular complexity index is 551. The summed E-state index contributed by atoms with van der Waals surface area (Å²) >= 11 is 0.